The van der Waals surface area contributed by atoms with E-state index in [9.17, 15) is 28.1 Å². The van der Waals surface area contributed by atoms with Gasteiger partial charge in [-0.25, -0.2) is 4.39 Å². The molecule has 1 aliphatic rings. The lowest BCUT2D eigenvalue weighted by Gasteiger charge is -2.08. The highest BCUT2D eigenvalue weighted by molar-refractivity contribution is 6.07. The van der Waals surface area contributed by atoms with Crippen LogP contribution in [0, 0.1) is 22.9 Å². The third-order valence-corrected chi connectivity index (χ3v) is 3.38. The van der Waals surface area contributed by atoms with Crippen molar-refractivity contribution < 1.29 is 32.4 Å². The van der Waals surface area contributed by atoms with E-state index in [0.29, 0.717) is 6.07 Å². The maximum Gasteiger partial charge on any atom is 0.586 e. The number of hydrogen-bond donors (Lipinski definition) is 1. The first-order valence-corrected chi connectivity index (χ1v) is 6.82. The van der Waals surface area contributed by atoms with Crippen molar-refractivity contribution in [1.82, 2.24) is 0 Å². The molecule has 1 heterocycles. The lowest BCUT2D eigenvalue weighted by molar-refractivity contribution is -0.385. The number of nitro groups is 1. The highest BCUT2D eigenvalue weighted by Gasteiger charge is 2.45. The van der Waals surface area contributed by atoms with Crippen LogP contribution < -0.4 is 14.8 Å². The quantitative estimate of drug-likeness (QED) is 0.672. The van der Waals surface area contributed by atoms with Gasteiger partial charge in [-0.1, -0.05) is 0 Å². The summed E-state index contributed by atoms with van der Waals surface area (Å²) < 4.78 is 47.7. The minimum absolute atomic E-state index is 0.182. The Morgan fingerprint density at radius 3 is 2.44 bits per heavy atom. The molecule has 0 aliphatic carbocycles. The topological polar surface area (TPSA) is 90.7 Å². The maximum absolute atomic E-state index is 13.2. The van der Waals surface area contributed by atoms with E-state index in [1.807, 2.05) is 0 Å². The number of rotatable bonds is 3. The SMILES string of the molecule is Cc1cc(NC(=O)c2cc3c(cc2[N+](=O)[O-])OC(F)(F)O3)ccc1F. The average molecular weight is 354 g/mol. The molecule has 0 unspecified atom stereocenters. The van der Waals surface area contributed by atoms with Crippen LogP contribution in [0.3, 0.4) is 0 Å². The summed E-state index contributed by atoms with van der Waals surface area (Å²) in [5, 5.41) is 13.5. The van der Waals surface area contributed by atoms with E-state index in [4.69, 9.17) is 0 Å². The predicted octanol–water partition coefficient (Wildman–Crippen LogP) is 3.62. The van der Waals surface area contributed by atoms with E-state index < -0.39 is 45.7 Å². The normalized spacial score (nSPS) is 14.2. The lowest BCUT2D eigenvalue weighted by Crippen LogP contribution is -2.25. The standard InChI is InChI=1S/C15H9F3N2O5/c1-7-4-8(2-3-10(7)16)19-14(21)9-5-12-13(6-11(9)20(22)23)25-15(17,18)24-12/h2-6H,1H3,(H,19,21). The molecule has 1 amide bonds. The predicted molar refractivity (Wildman–Crippen MR) is 78.4 cm³/mol. The zero-order valence-corrected chi connectivity index (χ0v) is 12.5. The number of alkyl halides is 2. The number of nitro benzene ring substituents is 1. The van der Waals surface area contributed by atoms with Crippen LogP contribution in [0.2, 0.25) is 0 Å². The number of ether oxygens (including phenoxy) is 2. The van der Waals surface area contributed by atoms with E-state index in [1.165, 1.54) is 19.1 Å². The fraction of sp³-hybridized carbons (Fsp3) is 0.133. The Hall–Kier alpha value is -3.30. The zero-order chi connectivity index (χ0) is 18.4. The number of nitrogens with zero attached hydrogens (tertiary/aromatic N) is 1. The molecule has 1 N–H and O–H groups in total. The van der Waals surface area contributed by atoms with Crippen LogP contribution in [-0.4, -0.2) is 17.1 Å². The smallest absolute Gasteiger partial charge is 0.395 e. The molecule has 130 valence electrons. The van der Waals surface area contributed by atoms with Crippen molar-refractivity contribution in [2.75, 3.05) is 5.32 Å². The van der Waals surface area contributed by atoms with Crippen LogP contribution in [0.5, 0.6) is 11.5 Å². The molecule has 0 saturated carbocycles. The van der Waals surface area contributed by atoms with E-state index >= 15 is 0 Å². The maximum atomic E-state index is 13.2. The molecule has 2 aromatic carbocycles. The van der Waals surface area contributed by atoms with Gasteiger partial charge in [0.1, 0.15) is 11.4 Å². The summed E-state index contributed by atoms with van der Waals surface area (Å²) in [5.41, 5.74) is -0.817. The van der Waals surface area contributed by atoms with Crippen molar-refractivity contribution in [3.8, 4) is 11.5 Å². The third kappa shape index (κ3) is 3.18. The number of anilines is 1. The van der Waals surface area contributed by atoms with E-state index in [-0.39, 0.29) is 11.3 Å². The largest absolute Gasteiger partial charge is 0.586 e. The number of carbonyl (C=O) groups is 1. The Bertz CT molecular complexity index is 901. The number of halogens is 3. The van der Waals surface area contributed by atoms with Gasteiger partial charge < -0.3 is 14.8 Å². The molecule has 0 bridgehead atoms. The number of fused-ring (bicyclic) bond motifs is 1. The molecule has 0 fully saturated rings. The highest BCUT2D eigenvalue weighted by Crippen LogP contribution is 2.44. The lowest BCUT2D eigenvalue weighted by atomic mass is 10.1. The monoisotopic (exact) mass is 354 g/mol. The van der Waals surface area contributed by atoms with Crippen molar-refractivity contribution in [1.29, 1.82) is 0 Å². The molecule has 0 radical (unpaired) electrons. The summed E-state index contributed by atoms with van der Waals surface area (Å²) in [6.07, 6.45) is -3.97. The summed E-state index contributed by atoms with van der Waals surface area (Å²) in [7, 11) is 0. The summed E-state index contributed by atoms with van der Waals surface area (Å²) >= 11 is 0. The Labute approximate surface area is 138 Å². The van der Waals surface area contributed by atoms with Crippen LogP contribution in [0.4, 0.5) is 24.5 Å². The molecule has 7 nitrogen and oxygen atoms in total. The molecular weight excluding hydrogens is 345 g/mol. The first-order chi connectivity index (χ1) is 11.7. The van der Waals surface area contributed by atoms with Gasteiger partial charge in [-0.15, -0.1) is 8.78 Å². The molecule has 3 rings (SSSR count). The molecule has 25 heavy (non-hydrogen) atoms. The van der Waals surface area contributed by atoms with Crippen molar-refractivity contribution in [3.63, 3.8) is 0 Å². The Morgan fingerprint density at radius 2 is 1.84 bits per heavy atom. The van der Waals surface area contributed by atoms with Crippen molar-refractivity contribution in [2.45, 2.75) is 13.2 Å². The number of aryl methyl sites for hydroxylation is 1. The molecule has 0 aromatic heterocycles. The molecule has 0 saturated heterocycles. The van der Waals surface area contributed by atoms with Gasteiger partial charge in [0.05, 0.1) is 11.0 Å². The van der Waals surface area contributed by atoms with Gasteiger partial charge in [0.15, 0.2) is 11.5 Å². The molecule has 2 aromatic rings. The molecular formula is C15H9F3N2O5. The fourth-order valence-corrected chi connectivity index (χ4v) is 2.24. The first kappa shape index (κ1) is 16.6. The second kappa shape index (κ2) is 5.65. The van der Waals surface area contributed by atoms with Gasteiger partial charge in [0.25, 0.3) is 11.6 Å². The number of amides is 1. The highest BCUT2D eigenvalue weighted by atomic mass is 19.3. The van der Waals surface area contributed by atoms with E-state index in [1.54, 1.807) is 0 Å². The van der Waals surface area contributed by atoms with Gasteiger partial charge >= 0.3 is 6.29 Å². The number of nitrogens with one attached hydrogen (secondary N) is 1. The summed E-state index contributed by atoms with van der Waals surface area (Å²) in [6.45, 7) is 1.47. The molecule has 0 atom stereocenters. The van der Waals surface area contributed by atoms with Gasteiger partial charge in [-0.2, -0.15) is 0 Å². The Morgan fingerprint density at radius 1 is 1.20 bits per heavy atom. The minimum atomic E-state index is -3.97. The van der Waals surface area contributed by atoms with E-state index in [0.717, 1.165) is 12.1 Å². The summed E-state index contributed by atoms with van der Waals surface area (Å²) in [5.74, 6) is -2.49. The van der Waals surface area contributed by atoms with Crippen molar-refractivity contribution >= 4 is 17.3 Å². The van der Waals surface area contributed by atoms with Crippen LogP contribution in [0.1, 0.15) is 15.9 Å². The number of carbonyl (C=O) groups excluding carboxylic acids is 1. The van der Waals surface area contributed by atoms with Crippen molar-refractivity contribution in [2.24, 2.45) is 0 Å². The van der Waals surface area contributed by atoms with Crippen molar-refractivity contribution in [3.05, 3.63) is 57.4 Å². The second-order valence-electron chi connectivity index (χ2n) is 5.16. The first-order valence-electron chi connectivity index (χ1n) is 6.82. The molecule has 0 spiro atoms. The van der Waals surface area contributed by atoms with Gasteiger partial charge in [-0.3, -0.25) is 14.9 Å². The molecule has 1 aliphatic heterocycles. The molecule has 10 heteroatoms. The fourth-order valence-electron chi connectivity index (χ4n) is 2.24. The van der Waals surface area contributed by atoms with Gasteiger partial charge in [-0.05, 0) is 30.7 Å². The zero-order valence-electron chi connectivity index (χ0n) is 12.5. The van der Waals surface area contributed by atoms with Crippen LogP contribution in [0.25, 0.3) is 0 Å². The number of hydrogen-bond acceptors (Lipinski definition) is 5. The number of benzene rings is 2. The Balaban J connectivity index is 1.97. The van der Waals surface area contributed by atoms with E-state index in [2.05, 4.69) is 14.8 Å². The van der Waals surface area contributed by atoms with Crippen LogP contribution in [-0.2, 0) is 0 Å². The Kier molecular flexibility index (Phi) is 3.74. The van der Waals surface area contributed by atoms with Crippen LogP contribution in [0.15, 0.2) is 30.3 Å². The minimum Gasteiger partial charge on any atom is -0.395 e. The summed E-state index contributed by atoms with van der Waals surface area (Å²) in [4.78, 5) is 22.5. The third-order valence-electron chi connectivity index (χ3n) is 3.38. The van der Waals surface area contributed by atoms with Crippen LogP contribution >= 0.6 is 0 Å². The van der Waals surface area contributed by atoms with Gasteiger partial charge in [0, 0.05) is 11.8 Å². The van der Waals surface area contributed by atoms with Gasteiger partial charge in [0.2, 0.25) is 0 Å². The average Bonchev–Trinajstić information content (AvgIpc) is 2.82. The second-order valence-corrected chi connectivity index (χ2v) is 5.16. The summed E-state index contributed by atoms with van der Waals surface area (Å²) in [6, 6.07) is 5.16.